The van der Waals surface area contributed by atoms with Crippen LogP contribution in [0.5, 0.6) is 5.75 Å². The number of ether oxygens (including phenoxy) is 1. The number of methoxy groups -OCH3 is 1. The number of nitrogens with zero attached hydrogens (tertiary/aromatic N) is 2. The molecule has 2 aliphatic rings. The minimum atomic E-state index is -0.314. The Hall–Kier alpha value is -3.15. The fourth-order valence-corrected chi connectivity index (χ4v) is 3.72. The molecule has 5 nitrogen and oxygen atoms in total. The van der Waals surface area contributed by atoms with E-state index in [0.717, 1.165) is 29.7 Å². The molecule has 0 bridgehead atoms. The number of hydrogen-bond donors (Lipinski definition) is 0. The van der Waals surface area contributed by atoms with Crippen LogP contribution in [0, 0.1) is 11.7 Å². The van der Waals surface area contributed by atoms with Gasteiger partial charge in [-0.1, -0.05) is 36.4 Å². The molecule has 1 aliphatic heterocycles. The Bertz CT molecular complexity index is 936. The zero-order chi connectivity index (χ0) is 21.1. The van der Waals surface area contributed by atoms with Crippen molar-refractivity contribution in [2.24, 2.45) is 5.92 Å². The lowest BCUT2D eigenvalue weighted by molar-refractivity contribution is -0.142. The highest BCUT2D eigenvalue weighted by atomic mass is 19.1. The standard InChI is InChI=1S/C24H25FN2O3/c1-30-21-12-8-18(9-13-21)22-3-2-14-26(24(29)19-6-7-19)16-23(28)27(22)15-17-4-10-20(25)11-5-17/h2-5,8-13,19,22H,6-7,14-16H2,1H3/b3-2-. The SMILES string of the molecule is COc1ccc(C2/C=C\CN(C(=O)C3CC3)CC(=O)N2Cc2ccc(F)cc2)cc1. The second-order valence-corrected chi connectivity index (χ2v) is 7.79. The lowest BCUT2D eigenvalue weighted by atomic mass is 10.0. The van der Waals surface area contributed by atoms with Gasteiger partial charge in [0, 0.05) is 19.0 Å². The molecular weight excluding hydrogens is 383 g/mol. The van der Waals surface area contributed by atoms with Gasteiger partial charge < -0.3 is 14.5 Å². The van der Waals surface area contributed by atoms with Crippen molar-refractivity contribution in [2.45, 2.75) is 25.4 Å². The van der Waals surface area contributed by atoms with E-state index < -0.39 is 0 Å². The molecule has 0 spiro atoms. The predicted molar refractivity (Wildman–Crippen MR) is 111 cm³/mol. The van der Waals surface area contributed by atoms with Gasteiger partial charge in [0.15, 0.2) is 0 Å². The molecule has 0 aromatic heterocycles. The molecular formula is C24H25FN2O3. The third-order valence-electron chi connectivity index (χ3n) is 5.59. The van der Waals surface area contributed by atoms with Crippen molar-refractivity contribution < 1.29 is 18.7 Å². The van der Waals surface area contributed by atoms with E-state index in [1.54, 1.807) is 29.0 Å². The third-order valence-corrected chi connectivity index (χ3v) is 5.59. The first kappa shape index (κ1) is 20.1. The largest absolute Gasteiger partial charge is 0.497 e. The number of carbonyl (C=O) groups is 2. The fraction of sp³-hybridized carbons (Fsp3) is 0.333. The van der Waals surface area contributed by atoms with Crippen LogP contribution in [0.2, 0.25) is 0 Å². The Balaban J connectivity index is 1.65. The minimum absolute atomic E-state index is 0.0491. The molecule has 6 heteroatoms. The average Bonchev–Trinajstić information content (AvgIpc) is 3.60. The highest BCUT2D eigenvalue weighted by Crippen LogP contribution is 2.32. The van der Waals surface area contributed by atoms with Crippen molar-refractivity contribution in [1.29, 1.82) is 0 Å². The summed E-state index contributed by atoms with van der Waals surface area (Å²) in [6, 6.07) is 13.5. The maximum atomic E-state index is 13.3. The Morgan fingerprint density at radius 1 is 1.10 bits per heavy atom. The second kappa shape index (κ2) is 8.69. The van der Waals surface area contributed by atoms with Crippen molar-refractivity contribution >= 4 is 11.8 Å². The van der Waals surface area contributed by atoms with Crippen LogP contribution in [0.1, 0.15) is 30.0 Å². The lowest BCUT2D eigenvalue weighted by Gasteiger charge is -2.34. The van der Waals surface area contributed by atoms with Crippen molar-refractivity contribution in [3.63, 3.8) is 0 Å². The molecule has 0 radical (unpaired) electrons. The van der Waals surface area contributed by atoms with Gasteiger partial charge in [0.1, 0.15) is 18.1 Å². The molecule has 4 rings (SSSR count). The summed E-state index contributed by atoms with van der Waals surface area (Å²) in [7, 11) is 1.61. The summed E-state index contributed by atoms with van der Waals surface area (Å²) >= 11 is 0. The summed E-state index contributed by atoms with van der Waals surface area (Å²) in [5.74, 6) is 0.418. The van der Waals surface area contributed by atoms with Crippen LogP contribution in [0.15, 0.2) is 60.7 Å². The zero-order valence-corrected chi connectivity index (χ0v) is 17.0. The van der Waals surface area contributed by atoms with Gasteiger partial charge in [-0.3, -0.25) is 9.59 Å². The number of carbonyl (C=O) groups excluding carboxylic acids is 2. The number of rotatable bonds is 5. The van der Waals surface area contributed by atoms with Gasteiger partial charge in [-0.25, -0.2) is 4.39 Å². The molecule has 1 heterocycles. The molecule has 2 aromatic rings. The van der Waals surface area contributed by atoms with Crippen LogP contribution < -0.4 is 4.74 Å². The van der Waals surface area contributed by atoms with Gasteiger partial charge in [-0.15, -0.1) is 0 Å². The van der Waals surface area contributed by atoms with Gasteiger partial charge in [0.2, 0.25) is 11.8 Å². The molecule has 1 atom stereocenters. The lowest BCUT2D eigenvalue weighted by Crippen LogP contribution is -2.45. The Morgan fingerprint density at radius 2 is 1.80 bits per heavy atom. The van der Waals surface area contributed by atoms with E-state index in [4.69, 9.17) is 4.74 Å². The fourth-order valence-electron chi connectivity index (χ4n) is 3.72. The quantitative estimate of drug-likeness (QED) is 0.709. The van der Waals surface area contributed by atoms with E-state index in [-0.39, 0.29) is 36.1 Å². The summed E-state index contributed by atoms with van der Waals surface area (Å²) in [4.78, 5) is 29.2. The molecule has 1 fully saturated rings. The predicted octanol–water partition coefficient (Wildman–Crippen LogP) is 3.71. The summed E-state index contributed by atoms with van der Waals surface area (Å²) in [5.41, 5.74) is 1.78. The molecule has 2 amide bonds. The summed E-state index contributed by atoms with van der Waals surface area (Å²) in [6.07, 6.45) is 5.73. The Morgan fingerprint density at radius 3 is 2.43 bits per heavy atom. The average molecular weight is 408 g/mol. The monoisotopic (exact) mass is 408 g/mol. The van der Waals surface area contributed by atoms with Crippen LogP contribution in [-0.4, -0.2) is 41.8 Å². The van der Waals surface area contributed by atoms with Crippen LogP contribution >= 0.6 is 0 Å². The highest BCUT2D eigenvalue weighted by molar-refractivity contribution is 5.87. The van der Waals surface area contributed by atoms with Crippen molar-refractivity contribution in [3.05, 3.63) is 77.6 Å². The second-order valence-electron chi connectivity index (χ2n) is 7.79. The molecule has 0 saturated heterocycles. The van der Waals surface area contributed by atoms with Crippen molar-refractivity contribution in [2.75, 3.05) is 20.2 Å². The number of amides is 2. The highest BCUT2D eigenvalue weighted by Gasteiger charge is 2.35. The van der Waals surface area contributed by atoms with Crippen LogP contribution in [0.25, 0.3) is 0 Å². The van der Waals surface area contributed by atoms with E-state index in [9.17, 15) is 14.0 Å². The van der Waals surface area contributed by atoms with E-state index in [0.29, 0.717) is 13.1 Å². The number of halogens is 1. The van der Waals surface area contributed by atoms with Crippen LogP contribution in [0.3, 0.4) is 0 Å². The maximum absolute atomic E-state index is 13.3. The normalized spacial score (nSPS) is 20.5. The molecule has 30 heavy (non-hydrogen) atoms. The molecule has 1 unspecified atom stereocenters. The van der Waals surface area contributed by atoms with E-state index in [1.807, 2.05) is 36.4 Å². The first-order valence-corrected chi connectivity index (χ1v) is 10.2. The molecule has 0 N–H and O–H groups in total. The number of benzene rings is 2. The third kappa shape index (κ3) is 4.53. The van der Waals surface area contributed by atoms with Crippen LogP contribution in [-0.2, 0) is 16.1 Å². The molecule has 1 saturated carbocycles. The van der Waals surface area contributed by atoms with Crippen molar-refractivity contribution in [1.82, 2.24) is 9.80 Å². The summed E-state index contributed by atoms with van der Waals surface area (Å²) < 4.78 is 18.6. The topological polar surface area (TPSA) is 49.9 Å². The van der Waals surface area contributed by atoms with Gasteiger partial charge >= 0.3 is 0 Å². The summed E-state index contributed by atoms with van der Waals surface area (Å²) in [5, 5.41) is 0. The first-order chi connectivity index (χ1) is 14.5. The van der Waals surface area contributed by atoms with Crippen LogP contribution in [0.4, 0.5) is 4.39 Å². The Labute approximate surface area is 175 Å². The minimum Gasteiger partial charge on any atom is -0.497 e. The van der Waals surface area contributed by atoms with Gasteiger partial charge in [0.25, 0.3) is 0 Å². The maximum Gasteiger partial charge on any atom is 0.243 e. The van der Waals surface area contributed by atoms with E-state index in [2.05, 4.69) is 0 Å². The number of hydrogen-bond acceptors (Lipinski definition) is 3. The van der Waals surface area contributed by atoms with E-state index in [1.165, 1.54) is 12.1 Å². The van der Waals surface area contributed by atoms with E-state index >= 15 is 0 Å². The van der Waals surface area contributed by atoms with Crippen molar-refractivity contribution in [3.8, 4) is 5.75 Å². The Kier molecular flexibility index (Phi) is 5.84. The molecule has 2 aromatic carbocycles. The first-order valence-electron chi connectivity index (χ1n) is 10.2. The molecule has 156 valence electrons. The van der Waals surface area contributed by atoms with Gasteiger partial charge in [-0.05, 0) is 48.2 Å². The van der Waals surface area contributed by atoms with Gasteiger partial charge in [0.05, 0.1) is 13.2 Å². The summed E-state index contributed by atoms with van der Waals surface area (Å²) in [6.45, 7) is 0.803. The molecule has 1 aliphatic carbocycles. The smallest absolute Gasteiger partial charge is 0.243 e. The zero-order valence-electron chi connectivity index (χ0n) is 17.0. The van der Waals surface area contributed by atoms with Gasteiger partial charge in [-0.2, -0.15) is 0 Å².